The van der Waals surface area contributed by atoms with Crippen molar-refractivity contribution in [1.82, 2.24) is 6.15 Å². The molecule has 0 radical (unpaired) electrons. The van der Waals surface area contributed by atoms with Gasteiger partial charge in [0.05, 0.1) is 6.61 Å². The molecular formula is C29H59NO5. The quantitative estimate of drug-likeness (QED) is 0.0913. The molecule has 0 aromatic heterocycles. The summed E-state index contributed by atoms with van der Waals surface area (Å²) in [6, 6.07) is 0. The third kappa shape index (κ3) is 27.3. The molecule has 210 valence electrons. The minimum absolute atomic E-state index is 0. The lowest BCUT2D eigenvalue weighted by atomic mass is 10.0. The average molecular weight is 502 g/mol. The van der Waals surface area contributed by atoms with Gasteiger partial charge in [0.25, 0.3) is 0 Å². The molecule has 0 rings (SSSR count). The number of rotatable bonds is 26. The van der Waals surface area contributed by atoms with E-state index >= 15 is 0 Å². The second-order valence-corrected chi connectivity index (χ2v) is 9.79. The van der Waals surface area contributed by atoms with E-state index in [9.17, 15) is 9.59 Å². The van der Waals surface area contributed by atoms with Crippen molar-refractivity contribution >= 4 is 11.9 Å². The standard InChI is InChI=1S/C29H56O5.H3N/c1-3-5-7-9-11-13-15-17-21-27(22-18-16-14-12-10-8-6-4-2)34-29(32)24-20-19-23-28(31)33-26-25-30;/h27,30H,3-26H2,1-2H3;1H3. The van der Waals surface area contributed by atoms with Crippen molar-refractivity contribution in [2.24, 2.45) is 0 Å². The molecule has 0 unspecified atom stereocenters. The van der Waals surface area contributed by atoms with Crippen molar-refractivity contribution in [1.29, 1.82) is 0 Å². The van der Waals surface area contributed by atoms with Crippen molar-refractivity contribution < 1.29 is 24.2 Å². The number of hydrogen-bond donors (Lipinski definition) is 2. The van der Waals surface area contributed by atoms with Crippen LogP contribution in [-0.4, -0.2) is 36.4 Å². The van der Waals surface area contributed by atoms with Crippen LogP contribution in [0.4, 0.5) is 0 Å². The molecule has 0 bridgehead atoms. The SMILES string of the molecule is CCCCCCCCCCC(CCCCCCCCCC)OC(=O)CCCCC(=O)OCCO.N. The molecule has 0 aromatic rings. The monoisotopic (exact) mass is 501 g/mol. The summed E-state index contributed by atoms with van der Waals surface area (Å²) in [7, 11) is 0. The predicted molar refractivity (Wildman–Crippen MR) is 146 cm³/mol. The minimum Gasteiger partial charge on any atom is -0.463 e. The van der Waals surface area contributed by atoms with Crippen molar-refractivity contribution in [2.45, 2.75) is 161 Å². The van der Waals surface area contributed by atoms with Crippen LogP contribution in [0, 0.1) is 0 Å². The molecule has 0 saturated carbocycles. The van der Waals surface area contributed by atoms with E-state index in [-0.39, 0.29) is 43.8 Å². The van der Waals surface area contributed by atoms with Gasteiger partial charge in [0.1, 0.15) is 12.7 Å². The molecule has 0 amide bonds. The lowest BCUT2D eigenvalue weighted by molar-refractivity contribution is -0.150. The van der Waals surface area contributed by atoms with Gasteiger partial charge in [0, 0.05) is 12.8 Å². The summed E-state index contributed by atoms with van der Waals surface area (Å²) in [5.41, 5.74) is 0. The Bertz CT molecular complexity index is 438. The number of aliphatic hydroxyl groups is 1. The van der Waals surface area contributed by atoms with Crippen LogP contribution in [-0.2, 0) is 19.1 Å². The van der Waals surface area contributed by atoms with Gasteiger partial charge in [-0.05, 0) is 38.5 Å². The topological polar surface area (TPSA) is 108 Å². The Kier molecular flexibility index (Phi) is 29.9. The van der Waals surface area contributed by atoms with Crippen LogP contribution < -0.4 is 6.15 Å². The highest BCUT2D eigenvalue weighted by atomic mass is 16.5. The molecule has 35 heavy (non-hydrogen) atoms. The number of esters is 2. The van der Waals surface area contributed by atoms with Crippen LogP contribution in [0.3, 0.4) is 0 Å². The summed E-state index contributed by atoms with van der Waals surface area (Å²) in [5, 5.41) is 8.68. The molecular weight excluding hydrogens is 442 g/mol. The van der Waals surface area contributed by atoms with Gasteiger partial charge in [0.15, 0.2) is 0 Å². The fourth-order valence-electron chi connectivity index (χ4n) is 4.29. The summed E-state index contributed by atoms with van der Waals surface area (Å²) >= 11 is 0. The first-order valence-corrected chi connectivity index (χ1v) is 14.6. The highest BCUT2D eigenvalue weighted by molar-refractivity contribution is 5.70. The maximum atomic E-state index is 12.4. The van der Waals surface area contributed by atoms with E-state index in [2.05, 4.69) is 13.8 Å². The lowest BCUT2D eigenvalue weighted by Crippen LogP contribution is -2.18. The second-order valence-electron chi connectivity index (χ2n) is 9.79. The van der Waals surface area contributed by atoms with E-state index in [0.29, 0.717) is 19.3 Å². The Hall–Kier alpha value is -1.14. The zero-order valence-electron chi connectivity index (χ0n) is 23.3. The molecule has 6 nitrogen and oxygen atoms in total. The van der Waals surface area contributed by atoms with E-state index < -0.39 is 0 Å². The predicted octanol–water partition coefficient (Wildman–Crippen LogP) is 8.22. The molecule has 0 spiro atoms. The first kappa shape index (κ1) is 36.0. The summed E-state index contributed by atoms with van der Waals surface area (Å²) in [5.74, 6) is -0.447. The molecule has 0 aromatic carbocycles. The van der Waals surface area contributed by atoms with Gasteiger partial charge in [-0.1, -0.05) is 104 Å². The van der Waals surface area contributed by atoms with Crippen LogP contribution in [0.1, 0.15) is 155 Å². The van der Waals surface area contributed by atoms with Gasteiger partial charge in [-0.15, -0.1) is 0 Å². The van der Waals surface area contributed by atoms with E-state index in [0.717, 1.165) is 25.7 Å². The van der Waals surface area contributed by atoms with Crippen molar-refractivity contribution in [3.8, 4) is 0 Å². The second kappa shape index (κ2) is 29.1. The summed E-state index contributed by atoms with van der Waals surface area (Å²) < 4.78 is 10.7. The Balaban J connectivity index is 0. The molecule has 0 fully saturated rings. The molecule has 0 saturated heterocycles. The van der Waals surface area contributed by atoms with Crippen molar-refractivity contribution in [3.05, 3.63) is 0 Å². The molecule has 6 heteroatoms. The maximum absolute atomic E-state index is 12.4. The zero-order chi connectivity index (χ0) is 25.1. The molecule has 4 N–H and O–H groups in total. The number of carbonyl (C=O) groups is 2. The summed E-state index contributed by atoms with van der Waals surface area (Å²) in [4.78, 5) is 23.8. The van der Waals surface area contributed by atoms with Gasteiger partial charge in [-0.25, -0.2) is 0 Å². The third-order valence-corrected chi connectivity index (χ3v) is 6.42. The Morgan fingerprint density at radius 1 is 0.600 bits per heavy atom. The van der Waals surface area contributed by atoms with Gasteiger partial charge in [-0.3, -0.25) is 9.59 Å². The molecule has 0 aliphatic heterocycles. The smallest absolute Gasteiger partial charge is 0.306 e. The number of hydrogen-bond acceptors (Lipinski definition) is 6. The van der Waals surface area contributed by atoms with Crippen LogP contribution in [0.15, 0.2) is 0 Å². The first-order chi connectivity index (χ1) is 16.6. The van der Waals surface area contributed by atoms with Gasteiger partial charge >= 0.3 is 11.9 Å². The van der Waals surface area contributed by atoms with E-state index in [1.807, 2.05) is 0 Å². The van der Waals surface area contributed by atoms with E-state index in [1.54, 1.807) is 0 Å². The summed E-state index contributed by atoms with van der Waals surface area (Å²) in [6.07, 6.45) is 24.5. The number of ether oxygens (including phenoxy) is 2. The third-order valence-electron chi connectivity index (χ3n) is 6.42. The van der Waals surface area contributed by atoms with Crippen LogP contribution in [0.25, 0.3) is 0 Å². The largest absolute Gasteiger partial charge is 0.463 e. The highest BCUT2D eigenvalue weighted by Crippen LogP contribution is 2.18. The number of aliphatic hydroxyl groups excluding tert-OH is 1. The first-order valence-electron chi connectivity index (χ1n) is 14.6. The lowest BCUT2D eigenvalue weighted by Gasteiger charge is -2.18. The number of unbranched alkanes of at least 4 members (excludes halogenated alkanes) is 15. The maximum Gasteiger partial charge on any atom is 0.306 e. The molecule has 0 aliphatic rings. The summed E-state index contributed by atoms with van der Waals surface area (Å²) in [6.45, 7) is 4.39. The number of carbonyl (C=O) groups excluding carboxylic acids is 2. The Morgan fingerprint density at radius 3 is 1.43 bits per heavy atom. The molecule has 0 aliphatic carbocycles. The Labute approximate surface area is 216 Å². The Morgan fingerprint density at radius 2 is 1.00 bits per heavy atom. The van der Waals surface area contributed by atoms with Gasteiger partial charge in [0.2, 0.25) is 0 Å². The van der Waals surface area contributed by atoms with Crippen LogP contribution >= 0.6 is 0 Å². The minimum atomic E-state index is -0.315. The molecule has 0 heterocycles. The van der Waals surface area contributed by atoms with E-state index in [4.69, 9.17) is 14.6 Å². The van der Waals surface area contributed by atoms with Crippen molar-refractivity contribution in [2.75, 3.05) is 13.2 Å². The molecule has 0 atom stereocenters. The fourth-order valence-corrected chi connectivity index (χ4v) is 4.29. The van der Waals surface area contributed by atoms with Crippen molar-refractivity contribution in [3.63, 3.8) is 0 Å². The normalized spacial score (nSPS) is 10.9. The average Bonchev–Trinajstić information content (AvgIpc) is 2.83. The zero-order valence-corrected chi connectivity index (χ0v) is 23.3. The fraction of sp³-hybridized carbons (Fsp3) is 0.931. The van der Waals surface area contributed by atoms with E-state index in [1.165, 1.54) is 89.9 Å². The van der Waals surface area contributed by atoms with Crippen LogP contribution in [0.5, 0.6) is 0 Å². The highest BCUT2D eigenvalue weighted by Gasteiger charge is 2.14. The van der Waals surface area contributed by atoms with Crippen LogP contribution in [0.2, 0.25) is 0 Å². The van der Waals surface area contributed by atoms with Gasteiger partial charge in [-0.2, -0.15) is 0 Å². The van der Waals surface area contributed by atoms with Gasteiger partial charge < -0.3 is 20.7 Å².